The van der Waals surface area contributed by atoms with Gasteiger partial charge in [-0.2, -0.15) is 0 Å². The molecule has 0 fully saturated rings. The predicted octanol–water partition coefficient (Wildman–Crippen LogP) is 3.69. The summed E-state index contributed by atoms with van der Waals surface area (Å²) >= 11 is 0. The van der Waals surface area contributed by atoms with Crippen molar-refractivity contribution in [3.63, 3.8) is 0 Å². The summed E-state index contributed by atoms with van der Waals surface area (Å²) in [5.74, 6) is 0. The van der Waals surface area contributed by atoms with Gasteiger partial charge in [0.25, 0.3) is 0 Å². The molecule has 2 heteroatoms. The minimum absolute atomic E-state index is 0.394. The van der Waals surface area contributed by atoms with E-state index in [0.29, 0.717) is 12.1 Å². The SMILES string of the molecule is C[C@H](NCCN[C@@H](C)c1ccccc1)c1ccccc1. The van der Waals surface area contributed by atoms with E-state index in [4.69, 9.17) is 0 Å². The van der Waals surface area contributed by atoms with Crippen molar-refractivity contribution >= 4 is 0 Å². The molecule has 0 aliphatic rings. The fourth-order valence-electron chi connectivity index (χ4n) is 2.30. The van der Waals surface area contributed by atoms with E-state index in [9.17, 15) is 0 Å². The third-order valence-electron chi connectivity index (χ3n) is 3.63. The van der Waals surface area contributed by atoms with Crippen LogP contribution in [0.3, 0.4) is 0 Å². The molecular formula is C18H24N2. The molecule has 2 aromatic carbocycles. The molecule has 0 bridgehead atoms. The maximum atomic E-state index is 3.54. The fraction of sp³-hybridized carbons (Fsp3) is 0.333. The molecule has 2 N–H and O–H groups in total. The van der Waals surface area contributed by atoms with Gasteiger partial charge in [0.05, 0.1) is 0 Å². The number of nitrogens with one attached hydrogen (secondary N) is 2. The van der Waals surface area contributed by atoms with Crippen molar-refractivity contribution in [1.29, 1.82) is 0 Å². The van der Waals surface area contributed by atoms with Crippen LogP contribution in [-0.2, 0) is 0 Å². The van der Waals surface area contributed by atoms with Crippen molar-refractivity contribution < 1.29 is 0 Å². The monoisotopic (exact) mass is 268 g/mol. The average Bonchev–Trinajstić information content (AvgIpc) is 2.53. The van der Waals surface area contributed by atoms with Crippen molar-refractivity contribution in [1.82, 2.24) is 10.6 Å². The molecular weight excluding hydrogens is 244 g/mol. The standard InChI is InChI=1S/C18H24N2/c1-15(17-9-5-3-6-10-17)19-13-14-20-16(2)18-11-7-4-8-12-18/h3-12,15-16,19-20H,13-14H2,1-2H3/t15-,16-/m0/s1. The zero-order chi connectivity index (χ0) is 14.2. The quantitative estimate of drug-likeness (QED) is 0.748. The molecule has 0 saturated heterocycles. The fourth-order valence-corrected chi connectivity index (χ4v) is 2.30. The number of rotatable bonds is 7. The molecule has 2 nitrogen and oxygen atoms in total. The van der Waals surface area contributed by atoms with Crippen LogP contribution in [0.1, 0.15) is 37.1 Å². The third kappa shape index (κ3) is 4.48. The summed E-state index contributed by atoms with van der Waals surface area (Å²) in [6, 6.07) is 21.9. The first-order valence-corrected chi connectivity index (χ1v) is 7.34. The highest BCUT2D eigenvalue weighted by Gasteiger charge is 2.05. The highest BCUT2D eigenvalue weighted by molar-refractivity contribution is 5.19. The first-order chi connectivity index (χ1) is 9.77. The van der Waals surface area contributed by atoms with E-state index in [-0.39, 0.29) is 0 Å². The van der Waals surface area contributed by atoms with E-state index < -0.39 is 0 Å². The Bertz CT molecular complexity index is 434. The van der Waals surface area contributed by atoms with E-state index in [1.807, 2.05) is 0 Å². The lowest BCUT2D eigenvalue weighted by Crippen LogP contribution is -2.30. The van der Waals surface area contributed by atoms with E-state index in [1.54, 1.807) is 0 Å². The first kappa shape index (κ1) is 14.8. The van der Waals surface area contributed by atoms with E-state index in [1.165, 1.54) is 11.1 Å². The molecule has 0 amide bonds. The van der Waals surface area contributed by atoms with Gasteiger partial charge in [0.1, 0.15) is 0 Å². The molecule has 2 aromatic rings. The smallest absolute Gasteiger partial charge is 0.0292 e. The van der Waals surface area contributed by atoms with Crippen LogP contribution in [0.15, 0.2) is 60.7 Å². The maximum Gasteiger partial charge on any atom is 0.0292 e. The third-order valence-corrected chi connectivity index (χ3v) is 3.63. The van der Waals surface area contributed by atoms with E-state index >= 15 is 0 Å². The second-order valence-corrected chi connectivity index (χ2v) is 5.17. The van der Waals surface area contributed by atoms with Gasteiger partial charge in [0.2, 0.25) is 0 Å². The average molecular weight is 268 g/mol. The summed E-state index contributed by atoms with van der Waals surface area (Å²) in [5, 5.41) is 7.09. The van der Waals surface area contributed by atoms with Crippen LogP contribution in [0.4, 0.5) is 0 Å². The molecule has 2 atom stereocenters. The molecule has 0 saturated carbocycles. The van der Waals surface area contributed by atoms with Gasteiger partial charge in [0, 0.05) is 25.2 Å². The lowest BCUT2D eigenvalue weighted by Gasteiger charge is -2.17. The van der Waals surface area contributed by atoms with Gasteiger partial charge in [-0.05, 0) is 25.0 Å². The number of benzene rings is 2. The normalized spacial score (nSPS) is 13.9. The van der Waals surface area contributed by atoms with Gasteiger partial charge in [-0.3, -0.25) is 0 Å². The highest BCUT2D eigenvalue weighted by Crippen LogP contribution is 2.11. The van der Waals surface area contributed by atoms with E-state index in [0.717, 1.165) is 13.1 Å². The Labute approximate surface area is 122 Å². The summed E-state index contributed by atoms with van der Waals surface area (Å²) in [6.07, 6.45) is 0. The molecule has 2 rings (SSSR count). The Morgan fingerprint density at radius 3 is 1.35 bits per heavy atom. The number of hydrogen-bond donors (Lipinski definition) is 2. The molecule has 0 unspecified atom stereocenters. The van der Waals surface area contributed by atoms with Crippen LogP contribution >= 0.6 is 0 Å². The van der Waals surface area contributed by atoms with Crippen molar-refractivity contribution in [3.8, 4) is 0 Å². The predicted molar refractivity (Wildman–Crippen MR) is 85.7 cm³/mol. The topological polar surface area (TPSA) is 24.1 Å². The Kier molecular flexibility index (Phi) is 5.78. The van der Waals surface area contributed by atoms with Gasteiger partial charge in [0.15, 0.2) is 0 Å². The minimum atomic E-state index is 0.394. The summed E-state index contributed by atoms with van der Waals surface area (Å²) in [6.45, 7) is 6.34. The highest BCUT2D eigenvalue weighted by atomic mass is 15.0. The molecule has 0 aromatic heterocycles. The van der Waals surface area contributed by atoms with Crippen molar-refractivity contribution in [2.75, 3.05) is 13.1 Å². The van der Waals surface area contributed by atoms with Crippen molar-refractivity contribution in [2.45, 2.75) is 25.9 Å². The summed E-state index contributed by atoms with van der Waals surface area (Å²) in [4.78, 5) is 0. The van der Waals surface area contributed by atoms with Crippen LogP contribution in [0.2, 0.25) is 0 Å². The molecule has 0 spiro atoms. The van der Waals surface area contributed by atoms with Crippen LogP contribution in [0.25, 0.3) is 0 Å². The first-order valence-electron chi connectivity index (χ1n) is 7.34. The molecule has 20 heavy (non-hydrogen) atoms. The lowest BCUT2D eigenvalue weighted by molar-refractivity contribution is 0.512. The molecule has 0 radical (unpaired) electrons. The minimum Gasteiger partial charge on any atom is -0.309 e. The zero-order valence-corrected chi connectivity index (χ0v) is 12.3. The summed E-state index contributed by atoms with van der Waals surface area (Å²) < 4.78 is 0. The molecule has 0 heterocycles. The van der Waals surface area contributed by atoms with Gasteiger partial charge < -0.3 is 10.6 Å². The van der Waals surface area contributed by atoms with Crippen LogP contribution in [0.5, 0.6) is 0 Å². The summed E-state index contributed by atoms with van der Waals surface area (Å²) in [5.41, 5.74) is 2.67. The lowest BCUT2D eigenvalue weighted by atomic mass is 10.1. The maximum absolute atomic E-state index is 3.54. The van der Waals surface area contributed by atoms with Crippen molar-refractivity contribution in [3.05, 3.63) is 71.8 Å². The Balaban J connectivity index is 1.69. The molecule has 0 aliphatic heterocycles. The Hall–Kier alpha value is -1.64. The largest absolute Gasteiger partial charge is 0.309 e. The Morgan fingerprint density at radius 1 is 0.650 bits per heavy atom. The van der Waals surface area contributed by atoms with Gasteiger partial charge in [-0.25, -0.2) is 0 Å². The van der Waals surface area contributed by atoms with Gasteiger partial charge >= 0.3 is 0 Å². The second-order valence-electron chi connectivity index (χ2n) is 5.17. The van der Waals surface area contributed by atoms with Crippen LogP contribution in [0, 0.1) is 0 Å². The molecule has 0 aliphatic carbocycles. The van der Waals surface area contributed by atoms with Crippen LogP contribution < -0.4 is 10.6 Å². The second kappa shape index (κ2) is 7.83. The van der Waals surface area contributed by atoms with Gasteiger partial charge in [-0.15, -0.1) is 0 Å². The summed E-state index contributed by atoms with van der Waals surface area (Å²) in [7, 11) is 0. The van der Waals surface area contributed by atoms with Crippen LogP contribution in [-0.4, -0.2) is 13.1 Å². The zero-order valence-electron chi connectivity index (χ0n) is 12.3. The van der Waals surface area contributed by atoms with Crippen molar-refractivity contribution in [2.24, 2.45) is 0 Å². The van der Waals surface area contributed by atoms with E-state index in [2.05, 4.69) is 85.1 Å². The van der Waals surface area contributed by atoms with Gasteiger partial charge in [-0.1, -0.05) is 60.7 Å². The Morgan fingerprint density at radius 2 is 1.00 bits per heavy atom. The number of hydrogen-bond acceptors (Lipinski definition) is 2. The molecule has 106 valence electrons.